The van der Waals surface area contributed by atoms with Crippen LogP contribution < -0.4 is 0 Å². The van der Waals surface area contributed by atoms with E-state index in [9.17, 15) is 9.59 Å². The highest BCUT2D eigenvalue weighted by molar-refractivity contribution is 6.74. The molecule has 0 aromatic carbocycles. The van der Waals surface area contributed by atoms with Gasteiger partial charge in [0.1, 0.15) is 5.78 Å². The van der Waals surface area contributed by atoms with Crippen molar-refractivity contribution in [3.8, 4) is 0 Å². The van der Waals surface area contributed by atoms with Crippen LogP contribution in [0.5, 0.6) is 0 Å². The first-order valence-corrected chi connectivity index (χ1v) is 23.7. The van der Waals surface area contributed by atoms with Crippen LogP contribution in [0.25, 0.3) is 0 Å². The van der Waals surface area contributed by atoms with Gasteiger partial charge in [0.25, 0.3) is 0 Å². The molecule has 1 rings (SSSR count). The van der Waals surface area contributed by atoms with Crippen molar-refractivity contribution in [1.29, 1.82) is 0 Å². The molecule has 9 heteroatoms. The van der Waals surface area contributed by atoms with Crippen molar-refractivity contribution in [2.45, 2.75) is 169 Å². The first kappa shape index (κ1) is 43.0. The second kappa shape index (κ2) is 20.4. The minimum Gasteiger partial charge on any atom is -0.454 e. The molecule has 0 bridgehead atoms. The standard InChI is InChI=1S/C37H67ClO6Si2/c1-12-45(13-2,14-3)43-33-27-34(40)42-32(30(9)39)25-24-28(7)21-20-22-29(8)35(44-46(15-4,16-5)17-6)31(23-18-19-26-38)36(41)37(33,10)11/h20,22,24,29,31-33,35H,12-19,21,23,25-27H2,1-11H3/b22-20+,28-24-. The summed E-state index contributed by atoms with van der Waals surface area (Å²) in [6.45, 7) is 22.7. The Morgan fingerprint density at radius 2 is 1.50 bits per heavy atom. The average molecular weight is 700 g/mol. The van der Waals surface area contributed by atoms with Gasteiger partial charge < -0.3 is 13.6 Å². The molecule has 0 fully saturated rings. The molecule has 6 nitrogen and oxygen atoms in total. The zero-order valence-corrected chi connectivity index (χ0v) is 33.9. The Labute approximate surface area is 289 Å². The van der Waals surface area contributed by atoms with Crippen molar-refractivity contribution in [2.24, 2.45) is 17.3 Å². The number of alkyl halides is 1. The highest BCUT2D eigenvalue weighted by Crippen LogP contribution is 2.40. The number of rotatable bonds is 15. The highest BCUT2D eigenvalue weighted by Gasteiger charge is 2.49. The first-order valence-electron chi connectivity index (χ1n) is 18.1. The molecule has 1 aliphatic heterocycles. The smallest absolute Gasteiger partial charge is 0.309 e. The van der Waals surface area contributed by atoms with Gasteiger partial charge in [0, 0.05) is 23.6 Å². The summed E-state index contributed by atoms with van der Waals surface area (Å²) in [7, 11) is -4.36. The van der Waals surface area contributed by atoms with E-state index in [2.05, 4.69) is 60.6 Å². The molecule has 0 N–H and O–H groups in total. The lowest BCUT2D eigenvalue weighted by atomic mass is 9.71. The number of carbonyl (C=O) groups is 3. The van der Waals surface area contributed by atoms with Gasteiger partial charge in [-0.3, -0.25) is 14.4 Å². The quantitative estimate of drug-likeness (QED) is 0.0557. The number of ketones is 2. The van der Waals surface area contributed by atoms with Gasteiger partial charge in [0.05, 0.1) is 18.6 Å². The molecule has 46 heavy (non-hydrogen) atoms. The molecule has 0 spiro atoms. The van der Waals surface area contributed by atoms with Crippen molar-refractivity contribution in [3.05, 3.63) is 23.8 Å². The van der Waals surface area contributed by atoms with Crippen LogP contribution in [-0.4, -0.2) is 58.4 Å². The number of halogens is 1. The van der Waals surface area contributed by atoms with Gasteiger partial charge in [0.15, 0.2) is 28.5 Å². The van der Waals surface area contributed by atoms with Crippen LogP contribution in [0.15, 0.2) is 23.8 Å². The first-order chi connectivity index (χ1) is 21.6. The van der Waals surface area contributed by atoms with Gasteiger partial charge in [-0.15, -0.1) is 11.6 Å². The van der Waals surface area contributed by atoms with E-state index >= 15 is 4.79 Å². The van der Waals surface area contributed by atoms with E-state index in [4.69, 9.17) is 25.2 Å². The topological polar surface area (TPSA) is 78.9 Å². The number of ether oxygens (including phenoxy) is 1. The van der Waals surface area contributed by atoms with Crippen LogP contribution in [0.1, 0.15) is 115 Å². The Bertz CT molecular complexity index is 1000. The molecule has 0 saturated carbocycles. The Morgan fingerprint density at radius 3 is 2.00 bits per heavy atom. The van der Waals surface area contributed by atoms with Gasteiger partial charge in [-0.1, -0.05) is 92.5 Å². The number of Topliss-reactive ketones (excluding diaryl/α,β-unsaturated/α-hetero) is 2. The number of hydrogen-bond donors (Lipinski definition) is 0. The van der Waals surface area contributed by atoms with Crippen LogP contribution in [0, 0.1) is 17.3 Å². The summed E-state index contributed by atoms with van der Waals surface area (Å²) >= 11 is 6.15. The SMILES string of the molecule is CC[Si](CC)(CC)OC1C(C)/C=C/C/C(C)=C\CC(C(C)=O)OC(=O)CC(O[Si](CC)(CC)CC)C(C)(C)C(=O)C1CCCCCl. The lowest BCUT2D eigenvalue weighted by Crippen LogP contribution is -2.53. The fourth-order valence-corrected chi connectivity index (χ4v) is 12.9. The lowest BCUT2D eigenvalue weighted by molar-refractivity contribution is -0.158. The maximum Gasteiger partial charge on any atom is 0.309 e. The van der Waals surface area contributed by atoms with E-state index in [0.29, 0.717) is 25.1 Å². The monoisotopic (exact) mass is 698 g/mol. The van der Waals surface area contributed by atoms with E-state index in [1.165, 1.54) is 6.92 Å². The zero-order valence-electron chi connectivity index (χ0n) is 31.1. The fraction of sp³-hybridized carbons (Fsp3) is 0.811. The third kappa shape index (κ3) is 12.1. The normalized spacial score (nSPS) is 27.5. The lowest BCUT2D eigenvalue weighted by Gasteiger charge is -2.44. The Kier molecular flexibility index (Phi) is 19.1. The zero-order chi connectivity index (χ0) is 35.1. The summed E-state index contributed by atoms with van der Waals surface area (Å²) in [6, 6.07) is 5.65. The van der Waals surface area contributed by atoms with Crippen molar-refractivity contribution in [1.82, 2.24) is 0 Å². The number of allylic oxidation sites excluding steroid dienone is 2. The third-order valence-electron chi connectivity index (χ3n) is 10.9. The van der Waals surface area contributed by atoms with Crippen molar-refractivity contribution >= 4 is 45.8 Å². The maximum atomic E-state index is 15.2. The summed E-state index contributed by atoms with van der Waals surface area (Å²) in [5, 5.41) is 0. The minimum atomic E-state index is -2.25. The van der Waals surface area contributed by atoms with E-state index in [-0.39, 0.29) is 35.9 Å². The predicted molar refractivity (Wildman–Crippen MR) is 197 cm³/mol. The van der Waals surface area contributed by atoms with Crippen molar-refractivity contribution in [3.63, 3.8) is 0 Å². The van der Waals surface area contributed by atoms with Crippen LogP contribution in [0.2, 0.25) is 36.3 Å². The number of unbranched alkanes of at least 4 members (excludes halogenated alkanes) is 1. The molecule has 5 unspecified atom stereocenters. The van der Waals surface area contributed by atoms with Crippen LogP contribution >= 0.6 is 11.6 Å². The summed E-state index contributed by atoms with van der Waals surface area (Å²) in [6.07, 6.45) is 7.80. The second-order valence-corrected chi connectivity index (χ2v) is 23.9. The molecule has 5 atom stereocenters. The largest absolute Gasteiger partial charge is 0.454 e. The predicted octanol–water partition coefficient (Wildman–Crippen LogP) is 10.2. The summed E-state index contributed by atoms with van der Waals surface area (Å²) < 4.78 is 20.2. The number of esters is 1. The van der Waals surface area contributed by atoms with Gasteiger partial charge in [0.2, 0.25) is 0 Å². The Morgan fingerprint density at radius 1 is 0.957 bits per heavy atom. The van der Waals surface area contributed by atoms with Gasteiger partial charge in [-0.25, -0.2) is 0 Å². The van der Waals surface area contributed by atoms with Crippen LogP contribution in [-0.2, 0) is 28.0 Å². The fourth-order valence-electron chi connectivity index (χ4n) is 6.76. The molecule has 0 radical (unpaired) electrons. The van der Waals surface area contributed by atoms with E-state index < -0.39 is 40.2 Å². The van der Waals surface area contributed by atoms with E-state index in [1.807, 2.05) is 26.8 Å². The molecule has 0 amide bonds. The molecule has 1 aliphatic rings. The molecule has 1 heterocycles. The second-order valence-electron chi connectivity index (χ2n) is 14.1. The third-order valence-corrected chi connectivity index (χ3v) is 20.4. The van der Waals surface area contributed by atoms with Crippen LogP contribution in [0.3, 0.4) is 0 Å². The molecule has 0 saturated heterocycles. The van der Waals surface area contributed by atoms with Crippen molar-refractivity contribution in [2.75, 3.05) is 5.88 Å². The molecular formula is C37H67ClO6Si2. The molecule has 0 aromatic heterocycles. The Balaban J connectivity index is 3.96. The number of carbonyl (C=O) groups excluding carboxylic acids is 3. The minimum absolute atomic E-state index is 0.00248. The molecule has 266 valence electrons. The van der Waals surface area contributed by atoms with E-state index in [1.54, 1.807) is 0 Å². The summed E-state index contributed by atoms with van der Waals surface area (Å²) in [4.78, 5) is 41.3. The molecular weight excluding hydrogens is 632 g/mol. The van der Waals surface area contributed by atoms with Gasteiger partial charge in [-0.05, 0) is 75.3 Å². The maximum absolute atomic E-state index is 15.2. The summed E-state index contributed by atoms with van der Waals surface area (Å²) in [5.74, 6) is -0.446. The van der Waals surface area contributed by atoms with Gasteiger partial charge >= 0.3 is 5.97 Å². The number of cyclic esters (lactones) is 1. The number of hydrogen-bond acceptors (Lipinski definition) is 6. The Hall–Kier alpha value is -1.07. The average Bonchev–Trinajstić information content (AvgIpc) is 3.03. The molecule has 0 aliphatic carbocycles. The van der Waals surface area contributed by atoms with Crippen molar-refractivity contribution < 1.29 is 28.0 Å². The van der Waals surface area contributed by atoms with Gasteiger partial charge in [-0.2, -0.15) is 0 Å². The van der Waals surface area contributed by atoms with E-state index in [0.717, 1.165) is 54.7 Å². The highest BCUT2D eigenvalue weighted by atomic mass is 35.5. The molecule has 0 aromatic rings. The van der Waals surface area contributed by atoms with Crippen LogP contribution in [0.4, 0.5) is 0 Å². The summed E-state index contributed by atoms with van der Waals surface area (Å²) in [5.41, 5.74) is 0.0955.